The van der Waals surface area contributed by atoms with Gasteiger partial charge in [0.15, 0.2) is 11.5 Å². The first-order valence-electron chi connectivity index (χ1n) is 6.83. The number of para-hydroxylation sites is 1. The smallest absolute Gasteiger partial charge is 0.165 e. The van der Waals surface area contributed by atoms with E-state index in [2.05, 4.69) is 18.3 Å². The topological polar surface area (TPSA) is 39.7 Å². The van der Waals surface area contributed by atoms with Crippen molar-refractivity contribution in [3.63, 3.8) is 0 Å². The van der Waals surface area contributed by atoms with Gasteiger partial charge in [-0.15, -0.1) is 0 Å². The van der Waals surface area contributed by atoms with Gasteiger partial charge in [0.2, 0.25) is 0 Å². The first-order chi connectivity index (χ1) is 9.22. The minimum absolute atomic E-state index is 0.0571. The molecule has 1 unspecified atom stereocenters. The van der Waals surface area contributed by atoms with E-state index in [1.165, 1.54) is 0 Å². The van der Waals surface area contributed by atoms with Gasteiger partial charge in [0.05, 0.1) is 12.7 Å². The lowest BCUT2D eigenvalue weighted by molar-refractivity contribution is 0.0699. The van der Waals surface area contributed by atoms with E-state index >= 15 is 0 Å². The van der Waals surface area contributed by atoms with Crippen molar-refractivity contribution in [2.75, 3.05) is 26.9 Å². The summed E-state index contributed by atoms with van der Waals surface area (Å²) in [5.74, 6) is 1.61. The average Bonchev–Trinajstić information content (AvgIpc) is 2.43. The van der Waals surface area contributed by atoms with Crippen molar-refractivity contribution in [2.45, 2.75) is 33.4 Å². The molecule has 0 aromatic heterocycles. The van der Waals surface area contributed by atoms with Gasteiger partial charge in [-0.2, -0.15) is 0 Å². The van der Waals surface area contributed by atoms with Crippen molar-refractivity contribution in [2.24, 2.45) is 0 Å². The van der Waals surface area contributed by atoms with Crippen LogP contribution in [0.4, 0.5) is 0 Å². The Labute approximate surface area is 116 Å². The molecule has 4 heteroatoms. The molecule has 0 radical (unpaired) electrons. The van der Waals surface area contributed by atoms with Crippen LogP contribution in [0.15, 0.2) is 18.2 Å². The highest BCUT2D eigenvalue weighted by Gasteiger charge is 2.12. The van der Waals surface area contributed by atoms with Crippen LogP contribution in [-0.4, -0.2) is 33.0 Å². The molecule has 1 atom stereocenters. The number of rotatable bonds is 9. The summed E-state index contributed by atoms with van der Waals surface area (Å²) < 4.78 is 16.7. The molecule has 4 nitrogen and oxygen atoms in total. The summed E-state index contributed by atoms with van der Waals surface area (Å²) >= 11 is 0. The molecule has 0 aliphatic carbocycles. The lowest BCUT2D eigenvalue weighted by Crippen LogP contribution is -2.18. The number of methoxy groups -OCH3 is 1. The summed E-state index contributed by atoms with van der Waals surface area (Å²) in [5.41, 5.74) is 1.11. The zero-order valence-electron chi connectivity index (χ0n) is 12.4. The van der Waals surface area contributed by atoms with E-state index in [0.717, 1.165) is 30.2 Å². The van der Waals surface area contributed by atoms with Gasteiger partial charge in [-0.3, -0.25) is 0 Å². The molecule has 0 aliphatic heterocycles. The Kier molecular flexibility index (Phi) is 7.30. The van der Waals surface area contributed by atoms with Crippen LogP contribution >= 0.6 is 0 Å². The summed E-state index contributed by atoms with van der Waals surface area (Å²) in [4.78, 5) is 0. The Morgan fingerprint density at radius 2 is 2.00 bits per heavy atom. The van der Waals surface area contributed by atoms with Gasteiger partial charge in [0, 0.05) is 19.2 Å². The Morgan fingerprint density at radius 1 is 1.21 bits per heavy atom. The van der Waals surface area contributed by atoms with Crippen molar-refractivity contribution < 1.29 is 14.2 Å². The molecule has 1 rings (SSSR count). The van der Waals surface area contributed by atoms with E-state index in [1.54, 1.807) is 7.11 Å². The highest BCUT2D eigenvalue weighted by atomic mass is 16.5. The van der Waals surface area contributed by atoms with E-state index in [0.29, 0.717) is 13.2 Å². The van der Waals surface area contributed by atoms with Crippen molar-refractivity contribution in [3.05, 3.63) is 23.8 Å². The molecular weight excluding hydrogens is 242 g/mol. The second kappa shape index (κ2) is 8.77. The molecule has 0 spiro atoms. The molecule has 0 amide bonds. The number of ether oxygens (including phenoxy) is 3. The number of hydrogen-bond acceptors (Lipinski definition) is 4. The maximum absolute atomic E-state index is 5.88. The van der Waals surface area contributed by atoms with Crippen LogP contribution in [-0.2, 0) is 11.3 Å². The second-order valence-electron chi connectivity index (χ2n) is 4.32. The Bertz CT molecular complexity index is 368. The van der Waals surface area contributed by atoms with Gasteiger partial charge >= 0.3 is 0 Å². The summed E-state index contributed by atoms with van der Waals surface area (Å²) in [6.45, 7) is 8.87. The van der Waals surface area contributed by atoms with Crippen LogP contribution in [0.5, 0.6) is 11.5 Å². The van der Waals surface area contributed by atoms with Crippen molar-refractivity contribution in [1.82, 2.24) is 5.32 Å². The molecule has 0 fully saturated rings. The summed E-state index contributed by atoms with van der Waals surface area (Å²) in [6.07, 6.45) is 0.0571. The molecule has 0 aliphatic rings. The van der Waals surface area contributed by atoms with Crippen molar-refractivity contribution in [1.29, 1.82) is 0 Å². The van der Waals surface area contributed by atoms with E-state index in [1.807, 2.05) is 26.0 Å². The van der Waals surface area contributed by atoms with Crippen molar-refractivity contribution >= 4 is 0 Å². The summed E-state index contributed by atoms with van der Waals surface area (Å²) in [5, 5.41) is 3.31. The van der Waals surface area contributed by atoms with Crippen molar-refractivity contribution in [3.8, 4) is 11.5 Å². The number of benzene rings is 1. The molecule has 19 heavy (non-hydrogen) atoms. The van der Waals surface area contributed by atoms with Gasteiger partial charge in [-0.25, -0.2) is 0 Å². The summed E-state index contributed by atoms with van der Waals surface area (Å²) in [7, 11) is 1.68. The van der Waals surface area contributed by atoms with Crippen LogP contribution in [0.3, 0.4) is 0 Å². The number of nitrogens with one attached hydrogen (secondary N) is 1. The van der Waals surface area contributed by atoms with Gasteiger partial charge in [0.1, 0.15) is 6.61 Å². The third-order valence-electron chi connectivity index (χ3n) is 2.79. The van der Waals surface area contributed by atoms with E-state index in [9.17, 15) is 0 Å². The minimum Gasteiger partial charge on any atom is -0.490 e. The van der Waals surface area contributed by atoms with E-state index < -0.39 is 0 Å². The first kappa shape index (κ1) is 15.8. The van der Waals surface area contributed by atoms with E-state index in [-0.39, 0.29) is 6.10 Å². The monoisotopic (exact) mass is 267 g/mol. The second-order valence-corrected chi connectivity index (χ2v) is 4.32. The molecule has 108 valence electrons. The quantitative estimate of drug-likeness (QED) is 0.746. The Balaban J connectivity index is 2.85. The normalized spacial score (nSPS) is 12.2. The van der Waals surface area contributed by atoms with Crippen LogP contribution in [0, 0.1) is 0 Å². The molecule has 1 aromatic rings. The highest BCUT2D eigenvalue weighted by Crippen LogP contribution is 2.31. The average molecular weight is 267 g/mol. The van der Waals surface area contributed by atoms with Gasteiger partial charge in [0.25, 0.3) is 0 Å². The molecule has 0 bridgehead atoms. The van der Waals surface area contributed by atoms with Gasteiger partial charge in [-0.1, -0.05) is 19.1 Å². The fourth-order valence-electron chi connectivity index (χ4n) is 1.66. The zero-order valence-corrected chi connectivity index (χ0v) is 12.4. The molecular formula is C15H25NO3. The lowest BCUT2D eigenvalue weighted by Gasteiger charge is -2.18. The number of hydrogen-bond donors (Lipinski definition) is 1. The standard InChI is InChI=1S/C15H25NO3/c1-5-16-10-13-8-7-9-14(18-6-2)15(13)19-11-12(3)17-4/h7-9,12,16H,5-6,10-11H2,1-4H3. The Hall–Kier alpha value is -1.26. The fraction of sp³-hybridized carbons (Fsp3) is 0.600. The van der Waals surface area contributed by atoms with Gasteiger partial charge < -0.3 is 19.5 Å². The van der Waals surface area contributed by atoms with Crippen LogP contribution in [0.2, 0.25) is 0 Å². The molecule has 0 saturated heterocycles. The lowest BCUT2D eigenvalue weighted by atomic mass is 10.2. The third kappa shape index (κ3) is 5.09. The van der Waals surface area contributed by atoms with E-state index in [4.69, 9.17) is 14.2 Å². The zero-order chi connectivity index (χ0) is 14.1. The SMILES string of the molecule is CCNCc1cccc(OCC)c1OCC(C)OC. The maximum atomic E-state index is 5.88. The molecule has 0 saturated carbocycles. The third-order valence-corrected chi connectivity index (χ3v) is 2.79. The molecule has 1 N–H and O–H groups in total. The molecule has 1 aromatic carbocycles. The predicted octanol–water partition coefficient (Wildman–Crippen LogP) is 2.61. The van der Waals surface area contributed by atoms with Crippen LogP contribution in [0.25, 0.3) is 0 Å². The largest absolute Gasteiger partial charge is 0.490 e. The predicted molar refractivity (Wildman–Crippen MR) is 77.0 cm³/mol. The van der Waals surface area contributed by atoms with Crippen LogP contribution in [0.1, 0.15) is 26.3 Å². The highest BCUT2D eigenvalue weighted by molar-refractivity contribution is 5.46. The molecule has 0 heterocycles. The van der Waals surface area contributed by atoms with Crippen LogP contribution < -0.4 is 14.8 Å². The van der Waals surface area contributed by atoms with Gasteiger partial charge in [-0.05, 0) is 26.5 Å². The Morgan fingerprint density at radius 3 is 2.63 bits per heavy atom. The fourth-order valence-corrected chi connectivity index (χ4v) is 1.66. The maximum Gasteiger partial charge on any atom is 0.165 e. The minimum atomic E-state index is 0.0571. The summed E-state index contributed by atoms with van der Waals surface area (Å²) in [6, 6.07) is 5.98. The first-order valence-corrected chi connectivity index (χ1v) is 6.83.